The van der Waals surface area contributed by atoms with Gasteiger partial charge in [-0.1, -0.05) is 41.4 Å². The van der Waals surface area contributed by atoms with Crippen LogP contribution in [0.5, 0.6) is 5.75 Å². The Balaban J connectivity index is 2.20. The summed E-state index contributed by atoms with van der Waals surface area (Å²) < 4.78 is 5.65. The van der Waals surface area contributed by atoms with E-state index < -0.39 is 6.04 Å². The molecule has 2 aromatic carbocycles. The summed E-state index contributed by atoms with van der Waals surface area (Å²) in [6.07, 6.45) is 0. The average Bonchev–Trinajstić information content (AvgIpc) is 2.64. The van der Waals surface area contributed by atoms with Gasteiger partial charge >= 0.3 is 0 Å². The Morgan fingerprint density at radius 2 is 1.83 bits per heavy atom. The second-order valence-corrected chi connectivity index (χ2v) is 8.05. The van der Waals surface area contributed by atoms with Crippen molar-refractivity contribution in [3.8, 4) is 5.75 Å². The van der Waals surface area contributed by atoms with Crippen LogP contribution in [0, 0.1) is 6.92 Å². The third-order valence-electron chi connectivity index (χ3n) is 4.31. The summed E-state index contributed by atoms with van der Waals surface area (Å²) in [6, 6.07) is 11.8. The van der Waals surface area contributed by atoms with E-state index in [-0.39, 0.29) is 31.0 Å². The first-order chi connectivity index (χ1) is 13.7. The van der Waals surface area contributed by atoms with Crippen LogP contribution in [-0.4, -0.2) is 35.4 Å². The van der Waals surface area contributed by atoms with E-state index in [0.29, 0.717) is 21.4 Å². The summed E-state index contributed by atoms with van der Waals surface area (Å²) in [7, 11) is 0. The predicted octanol–water partition coefficient (Wildman–Crippen LogP) is 4.62. The molecule has 0 aromatic heterocycles. The number of rotatable bonds is 8. The molecule has 2 aromatic rings. The zero-order chi connectivity index (χ0) is 21.6. The van der Waals surface area contributed by atoms with Gasteiger partial charge in [-0.2, -0.15) is 0 Å². The molecule has 0 aliphatic rings. The summed E-state index contributed by atoms with van der Waals surface area (Å²) in [4.78, 5) is 27.0. The molecule has 7 heteroatoms. The molecule has 2 rings (SSSR count). The Labute approximate surface area is 181 Å². The molecule has 0 saturated heterocycles. The molecule has 0 bridgehead atoms. The Kier molecular flexibility index (Phi) is 8.35. The predicted molar refractivity (Wildman–Crippen MR) is 116 cm³/mol. The van der Waals surface area contributed by atoms with Crippen molar-refractivity contribution < 1.29 is 14.3 Å². The number of carbonyl (C=O) groups is 2. The van der Waals surface area contributed by atoms with Crippen LogP contribution in [0.4, 0.5) is 0 Å². The van der Waals surface area contributed by atoms with Crippen LogP contribution in [-0.2, 0) is 16.1 Å². The summed E-state index contributed by atoms with van der Waals surface area (Å²) >= 11 is 12.3. The van der Waals surface area contributed by atoms with Gasteiger partial charge in [0.1, 0.15) is 11.8 Å². The summed E-state index contributed by atoms with van der Waals surface area (Å²) in [6.45, 7) is 7.35. The first-order valence-corrected chi connectivity index (χ1v) is 10.2. The van der Waals surface area contributed by atoms with Gasteiger partial charge < -0.3 is 15.0 Å². The number of hydrogen-bond donors (Lipinski definition) is 1. The van der Waals surface area contributed by atoms with Gasteiger partial charge in [-0.3, -0.25) is 9.59 Å². The number of aryl methyl sites for hydroxylation is 1. The van der Waals surface area contributed by atoms with E-state index in [1.54, 1.807) is 31.2 Å². The van der Waals surface area contributed by atoms with Gasteiger partial charge in [-0.25, -0.2) is 0 Å². The maximum absolute atomic E-state index is 13.0. The van der Waals surface area contributed by atoms with Crippen LogP contribution >= 0.6 is 23.2 Å². The lowest BCUT2D eigenvalue weighted by Crippen LogP contribution is -2.50. The van der Waals surface area contributed by atoms with Crippen LogP contribution in [0.25, 0.3) is 0 Å². The molecule has 1 N–H and O–H groups in total. The highest BCUT2D eigenvalue weighted by Gasteiger charge is 2.27. The lowest BCUT2D eigenvalue weighted by atomic mass is 10.1. The van der Waals surface area contributed by atoms with Crippen LogP contribution in [0.2, 0.25) is 10.0 Å². The molecule has 0 spiro atoms. The second kappa shape index (κ2) is 10.5. The molecule has 5 nitrogen and oxygen atoms in total. The van der Waals surface area contributed by atoms with Gasteiger partial charge in [-0.05, 0) is 63.1 Å². The maximum Gasteiger partial charge on any atom is 0.261 e. The summed E-state index contributed by atoms with van der Waals surface area (Å²) in [5.41, 5.74) is 1.73. The largest absolute Gasteiger partial charge is 0.484 e. The van der Waals surface area contributed by atoms with Gasteiger partial charge in [0.2, 0.25) is 5.91 Å². The van der Waals surface area contributed by atoms with Gasteiger partial charge in [-0.15, -0.1) is 0 Å². The zero-order valence-electron chi connectivity index (χ0n) is 17.0. The molecule has 29 heavy (non-hydrogen) atoms. The molecule has 0 aliphatic heterocycles. The first kappa shape index (κ1) is 23.0. The SMILES string of the molecule is Cc1cccc(OCC(=O)N(Cc2ccc(Cl)cc2Cl)[C@H](C)C(=O)NC(C)C)c1. The molecule has 0 unspecified atom stereocenters. The van der Waals surface area contributed by atoms with Crippen LogP contribution in [0.15, 0.2) is 42.5 Å². The molecular formula is C22H26Cl2N2O3. The van der Waals surface area contributed by atoms with Crippen molar-refractivity contribution in [3.05, 3.63) is 63.6 Å². The minimum Gasteiger partial charge on any atom is -0.484 e. The zero-order valence-corrected chi connectivity index (χ0v) is 18.6. The van der Waals surface area contributed by atoms with Crippen molar-refractivity contribution in [1.29, 1.82) is 0 Å². The highest BCUT2D eigenvalue weighted by Crippen LogP contribution is 2.23. The van der Waals surface area contributed by atoms with Gasteiger partial charge in [0, 0.05) is 22.6 Å². The number of benzene rings is 2. The minimum atomic E-state index is -0.697. The fourth-order valence-corrected chi connectivity index (χ4v) is 3.22. The molecule has 0 fully saturated rings. The fraction of sp³-hybridized carbons (Fsp3) is 0.364. The van der Waals surface area contributed by atoms with Crippen molar-refractivity contribution in [1.82, 2.24) is 10.2 Å². The number of nitrogens with one attached hydrogen (secondary N) is 1. The highest BCUT2D eigenvalue weighted by molar-refractivity contribution is 6.35. The number of carbonyl (C=O) groups excluding carboxylic acids is 2. The lowest BCUT2D eigenvalue weighted by molar-refractivity contribution is -0.142. The first-order valence-electron chi connectivity index (χ1n) is 9.40. The fourth-order valence-electron chi connectivity index (χ4n) is 2.75. The van der Waals surface area contributed by atoms with E-state index in [4.69, 9.17) is 27.9 Å². The Morgan fingerprint density at radius 1 is 1.10 bits per heavy atom. The van der Waals surface area contributed by atoms with Crippen molar-refractivity contribution in [2.24, 2.45) is 0 Å². The number of halogens is 2. The van der Waals surface area contributed by atoms with Crippen molar-refractivity contribution >= 4 is 35.0 Å². The van der Waals surface area contributed by atoms with Crippen molar-refractivity contribution in [2.45, 2.75) is 46.3 Å². The quantitative estimate of drug-likeness (QED) is 0.656. The van der Waals surface area contributed by atoms with Crippen molar-refractivity contribution in [2.75, 3.05) is 6.61 Å². The van der Waals surface area contributed by atoms with E-state index in [0.717, 1.165) is 5.56 Å². The van der Waals surface area contributed by atoms with E-state index in [1.165, 1.54) is 4.90 Å². The van der Waals surface area contributed by atoms with Crippen LogP contribution in [0.3, 0.4) is 0 Å². The molecule has 0 radical (unpaired) electrons. The minimum absolute atomic E-state index is 0.0374. The van der Waals surface area contributed by atoms with E-state index in [2.05, 4.69) is 5.32 Å². The van der Waals surface area contributed by atoms with Crippen LogP contribution in [0.1, 0.15) is 31.9 Å². The standard InChI is InChI=1S/C22H26Cl2N2O3/c1-14(2)25-22(28)16(4)26(12-17-8-9-18(23)11-20(17)24)21(27)13-29-19-7-5-6-15(3)10-19/h5-11,14,16H,12-13H2,1-4H3,(H,25,28)/t16-/m1/s1. The average molecular weight is 437 g/mol. The summed E-state index contributed by atoms with van der Waals surface area (Å²) in [5.74, 6) is 0.0417. The van der Waals surface area contributed by atoms with E-state index >= 15 is 0 Å². The van der Waals surface area contributed by atoms with E-state index in [9.17, 15) is 9.59 Å². The number of amides is 2. The number of ether oxygens (including phenoxy) is 1. The van der Waals surface area contributed by atoms with Gasteiger partial charge in [0.25, 0.3) is 5.91 Å². The smallest absolute Gasteiger partial charge is 0.261 e. The van der Waals surface area contributed by atoms with E-state index in [1.807, 2.05) is 39.0 Å². The lowest BCUT2D eigenvalue weighted by Gasteiger charge is -2.29. The highest BCUT2D eigenvalue weighted by atomic mass is 35.5. The molecule has 0 aliphatic carbocycles. The number of nitrogens with zero attached hydrogens (tertiary/aromatic N) is 1. The molecule has 1 atom stereocenters. The Morgan fingerprint density at radius 3 is 2.45 bits per heavy atom. The molecule has 0 saturated carbocycles. The third-order valence-corrected chi connectivity index (χ3v) is 4.89. The topological polar surface area (TPSA) is 58.6 Å². The van der Waals surface area contributed by atoms with Gasteiger partial charge in [0.15, 0.2) is 6.61 Å². The van der Waals surface area contributed by atoms with Crippen molar-refractivity contribution in [3.63, 3.8) is 0 Å². The van der Waals surface area contributed by atoms with Crippen LogP contribution < -0.4 is 10.1 Å². The van der Waals surface area contributed by atoms with Gasteiger partial charge in [0.05, 0.1) is 0 Å². The molecule has 156 valence electrons. The Hall–Kier alpha value is -2.24. The molecule has 2 amide bonds. The maximum atomic E-state index is 13.0. The third kappa shape index (κ3) is 6.94. The Bertz CT molecular complexity index is 871. The number of hydrogen-bond acceptors (Lipinski definition) is 3. The normalized spacial score (nSPS) is 11.8. The second-order valence-electron chi connectivity index (χ2n) is 7.20. The molecule has 0 heterocycles. The monoisotopic (exact) mass is 436 g/mol. The summed E-state index contributed by atoms with van der Waals surface area (Å²) in [5, 5.41) is 3.78. The molecular weight excluding hydrogens is 411 g/mol.